The average Bonchev–Trinajstić information content (AvgIpc) is 2.79. The number of nitro groups is 1. The van der Waals surface area contributed by atoms with Gasteiger partial charge in [0.25, 0.3) is 6.20 Å². The summed E-state index contributed by atoms with van der Waals surface area (Å²) in [6, 6.07) is 3.96. The van der Waals surface area contributed by atoms with Crippen LogP contribution >= 0.6 is 0 Å². The Labute approximate surface area is 118 Å². The molecule has 7 heteroatoms. The quantitative estimate of drug-likeness (QED) is 0.402. The van der Waals surface area contributed by atoms with Crippen molar-refractivity contribution in [1.82, 2.24) is 15.5 Å². The molecule has 1 rings (SSSR count). The number of furan rings is 1. The first kappa shape index (κ1) is 16.0. The van der Waals surface area contributed by atoms with Crippen LogP contribution < -0.4 is 10.6 Å². The minimum Gasteiger partial charge on any atom is -0.465 e. The summed E-state index contributed by atoms with van der Waals surface area (Å²) in [5.41, 5.74) is 0. The van der Waals surface area contributed by atoms with Gasteiger partial charge in [-0.2, -0.15) is 0 Å². The molecule has 7 nitrogen and oxygen atoms in total. The van der Waals surface area contributed by atoms with Gasteiger partial charge in [-0.05, 0) is 32.6 Å². The molecule has 1 aromatic rings. The molecule has 112 valence electrons. The van der Waals surface area contributed by atoms with Crippen LogP contribution in [0.1, 0.15) is 17.9 Å². The molecule has 0 aromatic carbocycles. The van der Waals surface area contributed by atoms with Gasteiger partial charge in [0.15, 0.2) is 5.82 Å². The number of aryl methyl sites for hydroxylation is 1. The monoisotopic (exact) mass is 282 g/mol. The Morgan fingerprint density at radius 1 is 1.45 bits per heavy atom. The van der Waals surface area contributed by atoms with E-state index in [0.29, 0.717) is 12.4 Å². The number of nitrogens with zero attached hydrogens (tertiary/aromatic N) is 2. The minimum absolute atomic E-state index is 0.405. The lowest BCUT2D eigenvalue weighted by Gasteiger charge is -2.07. The van der Waals surface area contributed by atoms with Gasteiger partial charge in [-0.3, -0.25) is 10.1 Å². The Morgan fingerprint density at radius 2 is 2.15 bits per heavy atom. The highest BCUT2D eigenvalue weighted by Gasteiger charge is 2.04. The SMILES string of the molecule is CN/C(=C\[N+](=O)[O-])NCCCc1ccc(CN(C)C)o1. The summed E-state index contributed by atoms with van der Waals surface area (Å²) in [4.78, 5) is 11.9. The summed E-state index contributed by atoms with van der Waals surface area (Å²) in [7, 11) is 5.63. The first-order chi connectivity index (χ1) is 9.51. The van der Waals surface area contributed by atoms with Crippen molar-refractivity contribution >= 4 is 0 Å². The normalized spacial score (nSPS) is 11.7. The van der Waals surface area contributed by atoms with Crippen molar-refractivity contribution in [2.75, 3.05) is 27.7 Å². The van der Waals surface area contributed by atoms with Gasteiger partial charge in [-0.15, -0.1) is 0 Å². The molecular formula is C13H22N4O3. The van der Waals surface area contributed by atoms with E-state index in [1.165, 1.54) is 0 Å². The fraction of sp³-hybridized carbons (Fsp3) is 0.538. The molecule has 0 amide bonds. The van der Waals surface area contributed by atoms with E-state index in [-0.39, 0.29) is 0 Å². The predicted molar refractivity (Wildman–Crippen MR) is 76.6 cm³/mol. The second-order valence-corrected chi connectivity index (χ2v) is 4.71. The summed E-state index contributed by atoms with van der Waals surface area (Å²) < 4.78 is 5.68. The molecule has 2 N–H and O–H groups in total. The number of hydrogen-bond acceptors (Lipinski definition) is 6. The van der Waals surface area contributed by atoms with Gasteiger partial charge in [0.1, 0.15) is 11.5 Å². The smallest absolute Gasteiger partial charge is 0.274 e. The topological polar surface area (TPSA) is 83.6 Å². The standard InChI is InChI=1S/C13H22N4O3/c1-14-13(10-17(18)19)15-8-4-5-11-6-7-12(20-11)9-16(2)3/h6-7,10,14-15H,4-5,8-9H2,1-3H3/b13-10+. The Balaban J connectivity index is 2.30. The van der Waals surface area contributed by atoms with E-state index in [1.807, 2.05) is 31.1 Å². The van der Waals surface area contributed by atoms with Crippen molar-refractivity contribution in [1.29, 1.82) is 0 Å². The second-order valence-electron chi connectivity index (χ2n) is 4.71. The third kappa shape index (κ3) is 6.24. The summed E-state index contributed by atoms with van der Waals surface area (Å²) in [5, 5.41) is 16.0. The summed E-state index contributed by atoms with van der Waals surface area (Å²) in [6.45, 7) is 1.43. The van der Waals surface area contributed by atoms with Crippen molar-refractivity contribution in [3.63, 3.8) is 0 Å². The van der Waals surface area contributed by atoms with E-state index in [0.717, 1.165) is 37.1 Å². The predicted octanol–water partition coefficient (Wildman–Crippen LogP) is 1.16. The van der Waals surface area contributed by atoms with E-state index in [9.17, 15) is 10.1 Å². The maximum atomic E-state index is 10.3. The van der Waals surface area contributed by atoms with Gasteiger partial charge >= 0.3 is 0 Å². The molecule has 0 atom stereocenters. The molecule has 1 heterocycles. The van der Waals surface area contributed by atoms with Crippen LogP contribution in [0.2, 0.25) is 0 Å². The molecule has 1 aromatic heterocycles. The van der Waals surface area contributed by atoms with E-state index in [2.05, 4.69) is 10.6 Å². The van der Waals surface area contributed by atoms with Crippen molar-refractivity contribution in [3.05, 3.63) is 45.8 Å². The number of nitrogens with one attached hydrogen (secondary N) is 2. The molecule has 0 aliphatic heterocycles. The van der Waals surface area contributed by atoms with Gasteiger partial charge in [0.05, 0.1) is 11.5 Å². The van der Waals surface area contributed by atoms with E-state index in [1.54, 1.807) is 7.05 Å². The minimum atomic E-state index is -0.487. The summed E-state index contributed by atoms with van der Waals surface area (Å²) in [5.74, 6) is 2.29. The Kier molecular flexibility index (Phi) is 6.58. The van der Waals surface area contributed by atoms with E-state index < -0.39 is 4.92 Å². The lowest BCUT2D eigenvalue weighted by Crippen LogP contribution is -2.25. The van der Waals surface area contributed by atoms with Crippen LogP contribution in [0.25, 0.3) is 0 Å². The molecule has 0 radical (unpaired) electrons. The van der Waals surface area contributed by atoms with Gasteiger partial charge in [0.2, 0.25) is 0 Å². The lowest BCUT2D eigenvalue weighted by atomic mass is 10.2. The van der Waals surface area contributed by atoms with Crippen LogP contribution in [-0.4, -0.2) is 37.5 Å². The zero-order valence-corrected chi connectivity index (χ0v) is 12.2. The van der Waals surface area contributed by atoms with Crippen molar-refractivity contribution in [3.8, 4) is 0 Å². The summed E-state index contributed by atoms with van der Waals surface area (Å²) in [6.07, 6.45) is 2.56. The third-order valence-electron chi connectivity index (χ3n) is 2.61. The third-order valence-corrected chi connectivity index (χ3v) is 2.61. The molecule has 20 heavy (non-hydrogen) atoms. The van der Waals surface area contributed by atoms with Gasteiger partial charge < -0.3 is 20.0 Å². The maximum absolute atomic E-state index is 10.3. The fourth-order valence-corrected chi connectivity index (χ4v) is 1.74. The van der Waals surface area contributed by atoms with Gasteiger partial charge in [-0.25, -0.2) is 0 Å². The molecule has 0 aliphatic rings. The van der Waals surface area contributed by atoms with Crippen LogP contribution in [0.3, 0.4) is 0 Å². The number of hydrogen-bond donors (Lipinski definition) is 2. The van der Waals surface area contributed by atoms with Crippen LogP contribution in [0, 0.1) is 10.1 Å². The average molecular weight is 282 g/mol. The summed E-state index contributed by atoms with van der Waals surface area (Å²) >= 11 is 0. The highest BCUT2D eigenvalue weighted by atomic mass is 16.6. The van der Waals surface area contributed by atoms with Crippen molar-refractivity contribution in [2.45, 2.75) is 19.4 Å². The highest BCUT2D eigenvalue weighted by molar-refractivity contribution is 5.07. The first-order valence-electron chi connectivity index (χ1n) is 6.50. The fourth-order valence-electron chi connectivity index (χ4n) is 1.74. The second kappa shape index (κ2) is 8.21. The molecular weight excluding hydrogens is 260 g/mol. The van der Waals surface area contributed by atoms with E-state index >= 15 is 0 Å². The van der Waals surface area contributed by atoms with Crippen molar-refractivity contribution in [2.24, 2.45) is 0 Å². The van der Waals surface area contributed by atoms with Gasteiger partial charge in [-0.1, -0.05) is 0 Å². The Hall–Kier alpha value is -2.02. The van der Waals surface area contributed by atoms with Crippen LogP contribution in [0.15, 0.2) is 28.6 Å². The molecule has 0 saturated carbocycles. The van der Waals surface area contributed by atoms with E-state index in [4.69, 9.17) is 4.42 Å². The molecule has 0 bridgehead atoms. The lowest BCUT2D eigenvalue weighted by molar-refractivity contribution is -0.404. The highest BCUT2D eigenvalue weighted by Crippen LogP contribution is 2.11. The van der Waals surface area contributed by atoms with Gasteiger partial charge in [0, 0.05) is 20.0 Å². The van der Waals surface area contributed by atoms with Crippen LogP contribution in [-0.2, 0) is 13.0 Å². The van der Waals surface area contributed by atoms with Crippen molar-refractivity contribution < 1.29 is 9.34 Å². The zero-order chi connectivity index (χ0) is 15.0. The molecule has 0 aliphatic carbocycles. The zero-order valence-electron chi connectivity index (χ0n) is 12.2. The van der Waals surface area contributed by atoms with Crippen LogP contribution in [0.5, 0.6) is 0 Å². The Morgan fingerprint density at radius 3 is 2.75 bits per heavy atom. The molecule has 0 unspecified atom stereocenters. The largest absolute Gasteiger partial charge is 0.465 e. The molecule has 0 spiro atoms. The molecule has 0 saturated heterocycles. The first-order valence-corrected chi connectivity index (χ1v) is 6.50. The number of rotatable bonds is 9. The maximum Gasteiger partial charge on any atom is 0.274 e. The Bertz CT molecular complexity index is 454. The molecule has 0 fully saturated rings. The van der Waals surface area contributed by atoms with Crippen LogP contribution in [0.4, 0.5) is 0 Å².